The van der Waals surface area contributed by atoms with Crippen molar-refractivity contribution in [2.24, 2.45) is 5.92 Å². The molecule has 2 heteroatoms. The van der Waals surface area contributed by atoms with E-state index in [1.807, 2.05) is 6.07 Å². The van der Waals surface area contributed by atoms with E-state index in [1.165, 1.54) is 18.4 Å². The van der Waals surface area contributed by atoms with Crippen molar-refractivity contribution in [3.8, 4) is 5.75 Å². The highest BCUT2D eigenvalue weighted by Crippen LogP contribution is 2.42. The number of fused-ring (bicyclic) bond motifs is 1. The molecule has 1 N–H and O–H groups in total. The molecule has 0 spiro atoms. The molecule has 0 radical (unpaired) electrons. The fourth-order valence-corrected chi connectivity index (χ4v) is 3.45. The van der Waals surface area contributed by atoms with Crippen molar-refractivity contribution >= 4 is 0 Å². The van der Waals surface area contributed by atoms with Crippen LogP contribution in [0.3, 0.4) is 0 Å². The van der Waals surface area contributed by atoms with Gasteiger partial charge >= 0.3 is 0 Å². The van der Waals surface area contributed by atoms with Gasteiger partial charge in [0, 0.05) is 6.42 Å². The van der Waals surface area contributed by atoms with Crippen molar-refractivity contribution in [3.63, 3.8) is 0 Å². The van der Waals surface area contributed by atoms with Gasteiger partial charge in [-0.3, -0.25) is 0 Å². The highest BCUT2D eigenvalue weighted by atomic mass is 16.5. The zero-order chi connectivity index (χ0) is 12.6. The second-order valence-electron chi connectivity index (χ2n) is 5.82. The normalized spacial score (nSPS) is 30.9. The zero-order valence-corrected chi connectivity index (χ0v) is 11.1. The second kappa shape index (κ2) is 4.58. The van der Waals surface area contributed by atoms with Gasteiger partial charge in [-0.25, -0.2) is 0 Å². The number of rotatable bonds is 2. The largest absolute Gasteiger partial charge is 0.493 e. The number of hydrogen-bond acceptors (Lipinski definition) is 2. The summed E-state index contributed by atoms with van der Waals surface area (Å²) < 4.78 is 5.53. The van der Waals surface area contributed by atoms with E-state index in [-0.39, 0.29) is 0 Å². The van der Waals surface area contributed by atoms with Gasteiger partial charge in [-0.2, -0.15) is 0 Å². The highest BCUT2D eigenvalue weighted by Gasteiger charge is 2.35. The first-order valence-electron chi connectivity index (χ1n) is 7.20. The molecular formula is C16H22O2. The molecule has 18 heavy (non-hydrogen) atoms. The quantitative estimate of drug-likeness (QED) is 0.866. The topological polar surface area (TPSA) is 29.5 Å². The number of hydrogen-bond donors (Lipinski definition) is 1. The molecule has 3 rings (SSSR count). The SMILES string of the molecule is CCC1CCCC(O)(c2ccc3c(c2)CCO3)C1. The van der Waals surface area contributed by atoms with Crippen LogP contribution in [-0.2, 0) is 12.0 Å². The lowest BCUT2D eigenvalue weighted by Gasteiger charge is -2.37. The van der Waals surface area contributed by atoms with Gasteiger partial charge in [0.05, 0.1) is 12.2 Å². The van der Waals surface area contributed by atoms with Crippen LogP contribution < -0.4 is 4.74 Å². The molecule has 1 aromatic carbocycles. The second-order valence-corrected chi connectivity index (χ2v) is 5.82. The molecule has 2 atom stereocenters. The smallest absolute Gasteiger partial charge is 0.122 e. The summed E-state index contributed by atoms with van der Waals surface area (Å²) in [6.07, 6.45) is 6.40. The van der Waals surface area contributed by atoms with E-state index in [2.05, 4.69) is 19.1 Å². The molecule has 2 unspecified atom stereocenters. The van der Waals surface area contributed by atoms with Crippen LogP contribution in [0.5, 0.6) is 5.75 Å². The lowest BCUT2D eigenvalue weighted by molar-refractivity contribution is -0.0217. The fraction of sp³-hybridized carbons (Fsp3) is 0.625. The summed E-state index contributed by atoms with van der Waals surface area (Å²) in [5.74, 6) is 1.68. The molecule has 1 aromatic rings. The van der Waals surface area contributed by atoms with E-state index in [4.69, 9.17) is 4.74 Å². The van der Waals surface area contributed by atoms with Crippen LogP contribution in [0.1, 0.15) is 50.2 Å². The minimum atomic E-state index is -0.601. The maximum absolute atomic E-state index is 10.9. The molecule has 2 nitrogen and oxygen atoms in total. The Morgan fingerprint density at radius 3 is 3.17 bits per heavy atom. The maximum Gasteiger partial charge on any atom is 0.122 e. The van der Waals surface area contributed by atoms with Gasteiger partial charge in [0.2, 0.25) is 0 Å². The Kier molecular flexibility index (Phi) is 3.06. The van der Waals surface area contributed by atoms with Gasteiger partial charge in [0.25, 0.3) is 0 Å². The molecule has 0 bridgehead atoms. The Morgan fingerprint density at radius 2 is 2.33 bits per heavy atom. The Bertz CT molecular complexity index is 441. The monoisotopic (exact) mass is 246 g/mol. The van der Waals surface area contributed by atoms with Crippen molar-refractivity contribution in [1.29, 1.82) is 0 Å². The molecule has 98 valence electrons. The Morgan fingerprint density at radius 1 is 1.44 bits per heavy atom. The first kappa shape index (κ1) is 12.0. The van der Waals surface area contributed by atoms with Gasteiger partial charge in [-0.1, -0.05) is 25.8 Å². The molecule has 1 heterocycles. The molecular weight excluding hydrogens is 224 g/mol. The van der Waals surface area contributed by atoms with Crippen LogP contribution in [0.4, 0.5) is 0 Å². The van der Waals surface area contributed by atoms with Gasteiger partial charge in [0.15, 0.2) is 0 Å². The third-order valence-electron chi connectivity index (χ3n) is 4.63. The maximum atomic E-state index is 10.9. The Labute approximate surface area is 109 Å². The van der Waals surface area contributed by atoms with Crippen LogP contribution in [0.2, 0.25) is 0 Å². The number of benzene rings is 1. The minimum absolute atomic E-state index is 0.601. The van der Waals surface area contributed by atoms with E-state index >= 15 is 0 Å². The predicted molar refractivity (Wildman–Crippen MR) is 71.8 cm³/mol. The number of ether oxygens (including phenoxy) is 1. The van der Waals surface area contributed by atoms with Crippen LogP contribution in [0.25, 0.3) is 0 Å². The molecule has 0 aromatic heterocycles. The van der Waals surface area contributed by atoms with Crippen molar-refractivity contribution in [1.82, 2.24) is 0 Å². The molecule has 1 aliphatic carbocycles. The van der Waals surface area contributed by atoms with Gasteiger partial charge in [-0.05, 0) is 48.4 Å². The van der Waals surface area contributed by atoms with E-state index < -0.39 is 5.60 Å². The molecule has 0 amide bonds. The Hall–Kier alpha value is -1.02. The van der Waals surface area contributed by atoms with Crippen molar-refractivity contribution in [2.75, 3.05) is 6.61 Å². The third-order valence-corrected chi connectivity index (χ3v) is 4.63. The van der Waals surface area contributed by atoms with Gasteiger partial charge in [-0.15, -0.1) is 0 Å². The van der Waals surface area contributed by atoms with Crippen molar-refractivity contribution in [2.45, 2.75) is 51.0 Å². The third kappa shape index (κ3) is 2.03. The van der Waals surface area contributed by atoms with Crippen molar-refractivity contribution < 1.29 is 9.84 Å². The lowest BCUT2D eigenvalue weighted by atomic mass is 9.73. The summed E-state index contributed by atoms with van der Waals surface area (Å²) >= 11 is 0. The molecule has 1 saturated carbocycles. The van der Waals surface area contributed by atoms with Crippen LogP contribution in [-0.4, -0.2) is 11.7 Å². The summed E-state index contributed by atoms with van der Waals surface area (Å²) in [7, 11) is 0. The van der Waals surface area contributed by atoms with Crippen molar-refractivity contribution in [3.05, 3.63) is 29.3 Å². The standard InChI is InChI=1S/C16H22O2/c1-2-12-4-3-8-16(17,11-12)14-5-6-15-13(10-14)7-9-18-15/h5-6,10,12,17H,2-4,7-9,11H2,1H3. The lowest BCUT2D eigenvalue weighted by Crippen LogP contribution is -2.32. The highest BCUT2D eigenvalue weighted by molar-refractivity contribution is 5.41. The summed E-state index contributed by atoms with van der Waals surface area (Å²) in [6.45, 7) is 3.02. The van der Waals surface area contributed by atoms with Crippen LogP contribution in [0, 0.1) is 5.92 Å². The fourth-order valence-electron chi connectivity index (χ4n) is 3.45. The number of aliphatic hydroxyl groups is 1. The summed E-state index contributed by atoms with van der Waals surface area (Å²) in [6, 6.07) is 6.26. The minimum Gasteiger partial charge on any atom is -0.493 e. The van der Waals surface area contributed by atoms with Crippen LogP contribution in [0.15, 0.2) is 18.2 Å². The predicted octanol–water partition coefficient (Wildman–Crippen LogP) is 3.41. The van der Waals surface area contributed by atoms with Gasteiger partial charge < -0.3 is 9.84 Å². The van der Waals surface area contributed by atoms with Crippen LogP contribution >= 0.6 is 0 Å². The summed E-state index contributed by atoms with van der Waals surface area (Å²) in [5.41, 5.74) is 1.76. The average Bonchev–Trinajstić information content (AvgIpc) is 2.86. The zero-order valence-electron chi connectivity index (χ0n) is 11.1. The van der Waals surface area contributed by atoms with E-state index in [0.29, 0.717) is 5.92 Å². The first-order chi connectivity index (χ1) is 8.71. The molecule has 1 aliphatic heterocycles. The molecule has 0 saturated heterocycles. The van der Waals surface area contributed by atoms with E-state index in [0.717, 1.165) is 43.6 Å². The molecule has 1 fully saturated rings. The van der Waals surface area contributed by atoms with E-state index in [1.54, 1.807) is 0 Å². The average molecular weight is 246 g/mol. The molecule has 2 aliphatic rings. The van der Waals surface area contributed by atoms with E-state index in [9.17, 15) is 5.11 Å². The van der Waals surface area contributed by atoms with Gasteiger partial charge in [0.1, 0.15) is 5.75 Å². The first-order valence-corrected chi connectivity index (χ1v) is 7.20. The summed E-state index contributed by atoms with van der Waals surface area (Å²) in [4.78, 5) is 0. The Balaban J connectivity index is 1.88. The summed E-state index contributed by atoms with van der Waals surface area (Å²) in [5, 5.41) is 10.9.